The first-order chi connectivity index (χ1) is 11.6. The fraction of sp³-hybridized carbons (Fsp3) is 0.444. The molecule has 24 heavy (non-hydrogen) atoms. The molecule has 0 unspecified atom stereocenters. The lowest BCUT2D eigenvalue weighted by atomic mass is 10.1. The number of morpholine rings is 1. The Morgan fingerprint density at radius 1 is 1.21 bits per heavy atom. The van der Waals surface area contributed by atoms with Gasteiger partial charge in [0.15, 0.2) is 0 Å². The molecular weight excluding hydrogens is 309 g/mol. The second-order valence-electron chi connectivity index (χ2n) is 6.41. The van der Waals surface area contributed by atoms with E-state index in [2.05, 4.69) is 0 Å². The van der Waals surface area contributed by atoms with Crippen molar-refractivity contribution in [2.45, 2.75) is 25.7 Å². The number of hydrogen-bond donors (Lipinski definition) is 0. The Balaban J connectivity index is 1.75. The summed E-state index contributed by atoms with van der Waals surface area (Å²) in [5, 5.41) is 4.70. The van der Waals surface area contributed by atoms with Gasteiger partial charge in [-0.05, 0) is 44.0 Å². The van der Waals surface area contributed by atoms with Crippen LogP contribution < -0.4 is 0 Å². The zero-order valence-corrected chi connectivity index (χ0v) is 13.7. The lowest BCUT2D eigenvalue weighted by Gasteiger charge is -2.27. The number of carbonyl (C=O) groups excluding carboxylic acids is 1. The van der Waals surface area contributed by atoms with Crippen molar-refractivity contribution >= 4 is 5.91 Å². The van der Waals surface area contributed by atoms with Crippen LogP contribution in [0.1, 0.15) is 40.5 Å². The summed E-state index contributed by atoms with van der Waals surface area (Å²) in [6.45, 7) is 4.30. The van der Waals surface area contributed by atoms with Crippen LogP contribution in [0.25, 0.3) is 5.69 Å². The third-order valence-electron chi connectivity index (χ3n) is 4.69. The monoisotopic (exact) mass is 329 g/mol. The van der Waals surface area contributed by atoms with E-state index < -0.39 is 0 Å². The molecule has 2 aliphatic rings. The van der Waals surface area contributed by atoms with E-state index in [1.54, 1.807) is 16.8 Å². The summed E-state index contributed by atoms with van der Waals surface area (Å²) >= 11 is 0. The Bertz CT molecular complexity index is 759. The predicted molar refractivity (Wildman–Crippen MR) is 87.0 cm³/mol. The summed E-state index contributed by atoms with van der Waals surface area (Å²) in [7, 11) is 0. The standard InChI is InChI=1S/C18H20FN3O2/c1-12-16(18(23)21-8-10-24-11-9-21)17(13-2-3-13)20-22(12)15-6-4-14(19)5-7-15/h4-7,13H,2-3,8-11H2,1H3. The van der Waals surface area contributed by atoms with Crippen LogP contribution in [0, 0.1) is 12.7 Å². The molecule has 1 amide bonds. The first-order valence-electron chi connectivity index (χ1n) is 8.37. The van der Waals surface area contributed by atoms with E-state index >= 15 is 0 Å². The van der Waals surface area contributed by atoms with Crippen molar-refractivity contribution in [3.05, 3.63) is 47.0 Å². The Labute approximate surface area is 140 Å². The van der Waals surface area contributed by atoms with Gasteiger partial charge in [-0.2, -0.15) is 5.10 Å². The molecule has 1 aromatic carbocycles. The van der Waals surface area contributed by atoms with Crippen LogP contribution in [0.3, 0.4) is 0 Å². The SMILES string of the molecule is Cc1c(C(=O)N2CCOCC2)c(C2CC2)nn1-c1ccc(F)cc1. The largest absolute Gasteiger partial charge is 0.378 e. The Morgan fingerprint density at radius 2 is 1.88 bits per heavy atom. The number of halogens is 1. The molecule has 1 saturated carbocycles. The third-order valence-corrected chi connectivity index (χ3v) is 4.69. The molecule has 1 aromatic heterocycles. The van der Waals surface area contributed by atoms with Gasteiger partial charge in [0.2, 0.25) is 0 Å². The van der Waals surface area contributed by atoms with Crippen molar-refractivity contribution < 1.29 is 13.9 Å². The van der Waals surface area contributed by atoms with Gasteiger partial charge in [-0.25, -0.2) is 9.07 Å². The molecule has 0 spiro atoms. The van der Waals surface area contributed by atoms with E-state index in [1.165, 1.54) is 12.1 Å². The van der Waals surface area contributed by atoms with Crippen molar-refractivity contribution in [3.8, 4) is 5.69 Å². The van der Waals surface area contributed by atoms with Gasteiger partial charge in [0.25, 0.3) is 5.91 Å². The first kappa shape index (κ1) is 15.3. The maximum absolute atomic E-state index is 13.2. The summed E-state index contributed by atoms with van der Waals surface area (Å²) in [5.74, 6) is 0.118. The van der Waals surface area contributed by atoms with Crippen LogP contribution in [0.2, 0.25) is 0 Å². The number of rotatable bonds is 3. The van der Waals surface area contributed by atoms with Crippen LogP contribution in [-0.2, 0) is 4.74 Å². The van der Waals surface area contributed by atoms with Crippen LogP contribution in [0.15, 0.2) is 24.3 Å². The average Bonchev–Trinajstić information content (AvgIpc) is 3.39. The quantitative estimate of drug-likeness (QED) is 0.870. The molecule has 126 valence electrons. The van der Waals surface area contributed by atoms with E-state index in [1.807, 2.05) is 11.8 Å². The number of hydrogen-bond acceptors (Lipinski definition) is 3. The van der Waals surface area contributed by atoms with Gasteiger partial charge >= 0.3 is 0 Å². The molecule has 2 aromatic rings. The highest BCUT2D eigenvalue weighted by atomic mass is 19.1. The van der Waals surface area contributed by atoms with Gasteiger partial charge in [0, 0.05) is 19.0 Å². The van der Waals surface area contributed by atoms with E-state index in [9.17, 15) is 9.18 Å². The van der Waals surface area contributed by atoms with Crippen LogP contribution in [0.5, 0.6) is 0 Å². The van der Waals surface area contributed by atoms with E-state index in [0.29, 0.717) is 37.8 Å². The molecule has 1 aliphatic carbocycles. The molecule has 2 heterocycles. The minimum absolute atomic E-state index is 0.0334. The predicted octanol–water partition coefficient (Wildman–Crippen LogP) is 2.67. The summed E-state index contributed by atoms with van der Waals surface area (Å²) in [6, 6.07) is 6.21. The molecule has 2 fully saturated rings. The smallest absolute Gasteiger partial charge is 0.257 e. The van der Waals surface area contributed by atoms with Gasteiger partial charge in [-0.1, -0.05) is 0 Å². The highest BCUT2D eigenvalue weighted by molar-refractivity contribution is 5.97. The lowest BCUT2D eigenvalue weighted by Crippen LogP contribution is -2.41. The Hall–Kier alpha value is -2.21. The third kappa shape index (κ3) is 2.71. The van der Waals surface area contributed by atoms with Crippen LogP contribution in [-0.4, -0.2) is 46.9 Å². The fourth-order valence-corrected chi connectivity index (χ4v) is 3.19. The summed E-state index contributed by atoms with van der Waals surface area (Å²) in [6.07, 6.45) is 2.15. The number of benzene rings is 1. The van der Waals surface area contributed by atoms with Crippen molar-refractivity contribution in [1.82, 2.24) is 14.7 Å². The molecule has 6 heteroatoms. The van der Waals surface area contributed by atoms with E-state index in [-0.39, 0.29) is 11.7 Å². The van der Waals surface area contributed by atoms with Gasteiger partial charge < -0.3 is 9.64 Å². The maximum Gasteiger partial charge on any atom is 0.257 e. The molecule has 0 radical (unpaired) electrons. The van der Waals surface area contributed by atoms with Gasteiger partial charge in [-0.15, -0.1) is 0 Å². The summed E-state index contributed by atoms with van der Waals surface area (Å²) in [4.78, 5) is 14.9. The van der Waals surface area contributed by atoms with E-state index in [4.69, 9.17) is 9.84 Å². The minimum atomic E-state index is -0.282. The fourth-order valence-electron chi connectivity index (χ4n) is 3.19. The molecule has 4 rings (SSSR count). The number of carbonyl (C=O) groups is 1. The lowest BCUT2D eigenvalue weighted by molar-refractivity contribution is 0.0301. The van der Waals surface area contributed by atoms with Gasteiger partial charge in [0.05, 0.1) is 35.9 Å². The highest BCUT2D eigenvalue weighted by Gasteiger charge is 2.35. The molecular formula is C18H20FN3O2. The van der Waals surface area contributed by atoms with Crippen molar-refractivity contribution in [1.29, 1.82) is 0 Å². The van der Waals surface area contributed by atoms with E-state index in [0.717, 1.165) is 29.9 Å². The second-order valence-corrected chi connectivity index (χ2v) is 6.41. The zero-order valence-electron chi connectivity index (χ0n) is 13.7. The topological polar surface area (TPSA) is 47.4 Å². The molecule has 0 atom stereocenters. The summed E-state index contributed by atoms with van der Waals surface area (Å²) < 4.78 is 20.3. The normalized spacial score (nSPS) is 18.0. The Morgan fingerprint density at radius 3 is 2.50 bits per heavy atom. The Kier molecular flexibility index (Phi) is 3.84. The average molecular weight is 329 g/mol. The van der Waals surface area contributed by atoms with Crippen molar-refractivity contribution in [2.24, 2.45) is 0 Å². The van der Waals surface area contributed by atoms with Crippen LogP contribution >= 0.6 is 0 Å². The summed E-state index contributed by atoms with van der Waals surface area (Å²) in [5.41, 5.74) is 3.19. The molecule has 0 bridgehead atoms. The van der Waals surface area contributed by atoms with Crippen LogP contribution in [0.4, 0.5) is 4.39 Å². The molecule has 1 saturated heterocycles. The van der Waals surface area contributed by atoms with Gasteiger partial charge in [-0.3, -0.25) is 4.79 Å². The zero-order chi connectivity index (χ0) is 16.7. The molecule has 1 aliphatic heterocycles. The number of ether oxygens (including phenoxy) is 1. The number of nitrogens with zero attached hydrogens (tertiary/aromatic N) is 3. The van der Waals surface area contributed by atoms with Crippen molar-refractivity contribution in [2.75, 3.05) is 26.3 Å². The molecule has 0 N–H and O–H groups in total. The maximum atomic E-state index is 13.2. The highest BCUT2D eigenvalue weighted by Crippen LogP contribution is 2.42. The first-order valence-corrected chi connectivity index (χ1v) is 8.37. The second kappa shape index (κ2) is 6.02. The number of aromatic nitrogens is 2. The van der Waals surface area contributed by atoms with Gasteiger partial charge in [0.1, 0.15) is 5.82 Å². The van der Waals surface area contributed by atoms with Crippen molar-refractivity contribution in [3.63, 3.8) is 0 Å². The minimum Gasteiger partial charge on any atom is -0.378 e. The molecule has 5 nitrogen and oxygen atoms in total. The number of amides is 1.